The van der Waals surface area contributed by atoms with Gasteiger partial charge in [0.1, 0.15) is 0 Å². The van der Waals surface area contributed by atoms with Gasteiger partial charge >= 0.3 is 0 Å². The Kier molecular flexibility index (Phi) is 2.88. The summed E-state index contributed by atoms with van der Waals surface area (Å²) in [5.74, 6) is 0.927. The molecule has 1 aromatic heterocycles. The van der Waals surface area contributed by atoms with E-state index in [1.807, 2.05) is 0 Å². The summed E-state index contributed by atoms with van der Waals surface area (Å²) in [6.45, 7) is 0. The molecular formula is C7H9ClN4. The van der Waals surface area contributed by atoms with Crippen molar-refractivity contribution < 1.29 is 0 Å². The van der Waals surface area contributed by atoms with Crippen LogP contribution in [0.25, 0.3) is 6.08 Å². The number of hydrogen-bond donors (Lipinski definition) is 2. The molecule has 1 rings (SSSR count). The van der Waals surface area contributed by atoms with E-state index in [1.54, 1.807) is 12.2 Å². The van der Waals surface area contributed by atoms with E-state index < -0.39 is 0 Å². The maximum Gasteiger partial charge on any atom is 0.166 e. The minimum Gasteiger partial charge on any atom is -0.381 e. The quantitative estimate of drug-likeness (QED) is 0.670. The van der Waals surface area contributed by atoms with Gasteiger partial charge in [-0.2, -0.15) is 0 Å². The van der Waals surface area contributed by atoms with Crippen LogP contribution in [0.2, 0.25) is 0 Å². The summed E-state index contributed by atoms with van der Waals surface area (Å²) < 4.78 is 0. The Morgan fingerprint density at radius 2 is 2.17 bits per heavy atom. The smallest absolute Gasteiger partial charge is 0.166 e. The molecule has 0 saturated heterocycles. The second-order valence-electron chi connectivity index (χ2n) is 2.12. The molecule has 0 unspecified atom stereocenters. The lowest BCUT2D eigenvalue weighted by Gasteiger charge is -1.97. The normalized spacial score (nSPS) is 10.8. The van der Waals surface area contributed by atoms with E-state index in [1.165, 1.54) is 6.20 Å². The molecule has 64 valence electrons. The van der Waals surface area contributed by atoms with Gasteiger partial charge in [0.2, 0.25) is 0 Å². The number of nitrogens with zero attached hydrogens (tertiary/aromatic N) is 2. The monoisotopic (exact) mass is 184 g/mol. The minimum absolute atomic E-state index is 0.242. The molecule has 0 aromatic carbocycles. The Morgan fingerprint density at radius 1 is 1.42 bits per heavy atom. The first-order valence-electron chi connectivity index (χ1n) is 3.34. The molecule has 0 amide bonds. The maximum absolute atomic E-state index is 5.43. The summed E-state index contributed by atoms with van der Waals surface area (Å²) in [5.41, 5.74) is 11.5. The van der Waals surface area contributed by atoms with Crippen molar-refractivity contribution in [1.29, 1.82) is 0 Å². The van der Waals surface area contributed by atoms with Crippen molar-refractivity contribution in [1.82, 2.24) is 9.97 Å². The zero-order valence-electron chi connectivity index (χ0n) is 6.37. The predicted molar refractivity (Wildman–Crippen MR) is 50.6 cm³/mol. The van der Waals surface area contributed by atoms with Gasteiger partial charge in [-0.05, 0) is 6.08 Å². The molecule has 0 aliphatic heterocycles. The highest BCUT2D eigenvalue weighted by Gasteiger charge is 1.96. The van der Waals surface area contributed by atoms with E-state index in [-0.39, 0.29) is 11.6 Å². The van der Waals surface area contributed by atoms with Crippen molar-refractivity contribution in [3.63, 3.8) is 0 Å². The van der Waals surface area contributed by atoms with Gasteiger partial charge in [-0.1, -0.05) is 6.08 Å². The average molecular weight is 185 g/mol. The topological polar surface area (TPSA) is 77.8 Å². The van der Waals surface area contributed by atoms with E-state index in [4.69, 9.17) is 23.1 Å². The van der Waals surface area contributed by atoms with Crippen LogP contribution in [0.3, 0.4) is 0 Å². The molecule has 0 spiro atoms. The Balaban J connectivity index is 2.89. The molecule has 0 aliphatic rings. The van der Waals surface area contributed by atoms with Crippen LogP contribution in [-0.2, 0) is 0 Å². The molecule has 0 saturated carbocycles. The Labute approximate surface area is 75.3 Å². The van der Waals surface area contributed by atoms with Gasteiger partial charge in [0.15, 0.2) is 11.6 Å². The zero-order valence-corrected chi connectivity index (χ0v) is 7.12. The molecule has 12 heavy (non-hydrogen) atoms. The van der Waals surface area contributed by atoms with Gasteiger partial charge in [-0.15, -0.1) is 11.6 Å². The lowest BCUT2D eigenvalue weighted by Crippen LogP contribution is -2.01. The zero-order chi connectivity index (χ0) is 8.97. The molecular weight excluding hydrogens is 176 g/mol. The van der Waals surface area contributed by atoms with Crippen LogP contribution in [-0.4, -0.2) is 15.8 Å². The van der Waals surface area contributed by atoms with E-state index in [0.29, 0.717) is 11.6 Å². The van der Waals surface area contributed by atoms with Gasteiger partial charge in [-0.25, -0.2) is 9.97 Å². The lowest BCUT2D eigenvalue weighted by molar-refractivity contribution is 1.20. The second kappa shape index (κ2) is 3.92. The van der Waals surface area contributed by atoms with Crippen LogP contribution < -0.4 is 11.5 Å². The van der Waals surface area contributed by atoms with Crippen LogP contribution in [0.1, 0.15) is 5.69 Å². The fourth-order valence-electron chi connectivity index (χ4n) is 0.673. The molecule has 0 radical (unpaired) electrons. The minimum atomic E-state index is 0.242. The summed E-state index contributed by atoms with van der Waals surface area (Å²) in [6, 6.07) is 0. The average Bonchev–Trinajstić information content (AvgIpc) is 2.07. The third-order valence-electron chi connectivity index (χ3n) is 1.23. The Bertz CT molecular complexity index is 297. The largest absolute Gasteiger partial charge is 0.381 e. The molecule has 0 aliphatic carbocycles. The van der Waals surface area contributed by atoms with E-state index >= 15 is 0 Å². The Hall–Kier alpha value is -1.29. The van der Waals surface area contributed by atoms with Crippen LogP contribution in [0.4, 0.5) is 11.6 Å². The highest BCUT2D eigenvalue weighted by Crippen LogP contribution is 2.07. The summed E-state index contributed by atoms with van der Waals surface area (Å²) >= 11 is 5.43. The van der Waals surface area contributed by atoms with Crippen LogP contribution >= 0.6 is 11.6 Å². The van der Waals surface area contributed by atoms with E-state index in [9.17, 15) is 0 Å². The molecule has 4 N–H and O–H groups in total. The number of allylic oxidation sites excluding steroid dienone is 1. The molecule has 5 heteroatoms. The first-order chi connectivity index (χ1) is 5.74. The van der Waals surface area contributed by atoms with Crippen LogP contribution in [0.5, 0.6) is 0 Å². The third kappa shape index (κ3) is 2.10. The lowest BCUT2D eigenvalue weighted by atomic mass is 10.4. The standard InChI is InChI=1S/C7H9ClN4/c8-3-1-2-5-4-11-6(9)7(10)12-5/h1-2,4H,3H2,(H2,9,11)(H2,10,12). The van der Waals surface area contributed by atoms with Gasteiger partial charge in [-0.3, -0.25) is 0 Å². The number of nitrogens with two attached hydrogens (primary N) is 2. The number of alkyl halides is 1. The van der Waals surface area contributed by atoms with Crippen molar-refractivity contribution in [2.45, 2.75) is 0 Å². The van der Waals surface area contributed by atoms with E-state index in [2.05, 4.69) is 9.97 Å². The number of nitrogen functional groups attached to an aromatic ring is 2. The fraction of sp³-hybridized carbons (Fsp3) is 0.143. The van der Waals surface area contributed by atoms with Gasteiger partial charge in [0, 0.05) is 5.88 Å². The Morgan fingerprint density at radius 3 is 2.75 bits per heavy atom. The first kappa shape index (κ1) is 8.80. The molecule has 0 fully saturated rings. The third-order valence-corrected chi connectivity index (χ3v) is 1.40. The second-order valence-corrected chi connectivity index (χ2v) is 2.43. The number of aromatic nitrogens is 2. The summed E-state index contributed by atoms with van der Waals surface area (Å²) in [5, 5.41) is 0. The molecule has 4 nitrogen and oxygen atoms in total. The molecule has 0 atom stereocenters. The maximum atomic E-state index is 5.43. The number of anilines is 2. The van der Waals surface area contributed by atoms with E-state index in [0.717, 1.165) is 0 Å². The van der Waals surface area contributed by atoms with Crippen molar-refractivity contribution in [3.8, 4) is 0 Å². The summed E-state index contributed by atoms with van der Waals surface area (Å²) in [6.07, 6.45) is 5.02. The SMILES string of the molecule is Nc1ncc(C=CCCl)nc1N. The van der Waals surface area contributed by atoms with Crippen molar-refractivity contribution in [3.05, 3.63) is 18.0 Å². The van der Waals surface area contributed by atoms with Gasteiger partial charge in [0.25, 0.3) is 0 Å². The molecule has 0 bridgehead atoms. The van der Waals surface area contributed by atoms with Gasteiger partial charge < -0.3 is 11.5 Å². The molecule has 1 heterocycles. The molecule has 1 aromatic rings. The van der Waals surface area contributed by atoms with Gasteiger partial charge in [0.05, 0.1) is 11.9 Å². The first-order valence-corrected chi connectivity index (χ1v) is 3.88. The highest BCUT2D eigenvalue weighted by molar-refractivity contribution is 6.19. The van der Waals surface area contributed by atoms with Crippen molar-refractivity contribution in [2.75, 3.05) is 17.3 Å². The number of hydrogen-bond acceptors (Lipinski definition) is 4. The highest BCUT2D eigenvalue weighted by atomic mass is 35.5. The summed E-state index contributed by atoms with van der Waals surface area (Å²) in [4.78, 5) is 7.78. The van der Waals surface area contributed by atoms with Crippen LogP contribution in [0.15, 0.2) is 12.3 Å². The fourth-order valence-corrected chi connectivity index (χ4v) is 0.762. The van der Waals surface area contributed by atoms with Crippen LogP contribution in [0, 0.1) is 0 Å². The summed E-state index contributed by atoms with van der Waals surface area (Å²) in [7, 11) is 0. The van der Waals surface area contributed by atoms with Crippen molar-refractivity contribution >= 4 is 29.3 Å². The predicted octanol–water partition coefficient (Wildman–Crippen LogP) is 0.893. The number of halogens is 1. The van der Waals surface area contributed by atoms with Crippen molar-refractivity contribution in [2.24, 2.45) is 0 Å². The number of rotatable bonds is 2.